The summed E-state index contributed by atoms with van der Waals surface area (Å²) in [5.74, 6) is -0.954. The summed E-state index contributed by atoms with van der Waals surface area (Å²) in [6.07, 6.45) is 3.88. The van der Waals surface area contributed by atoms with Crippen LogP contribution in [-0.2, 0) is 20.6 Å². The Morgan fingerprint density at radius 2 is 1.58 bits per heavy atom. The zero-order chi connectivity index (χ0) is 24.9. The number of ketones is 1. The predicted octanol–water partition coefficient (Wildman–Crippen LogP) is -0.222. The molecule has 0 aromatic carbocycles. The topological polar surface area (TPSA) is 171 Å². The number of rotatable bonds is 11. The largest absolute Gasteiger partial charge is 0.384 e. The first-order chi connectivity index (χ1) is 15.6. The number of nitrogens with one attached hydrogen (secondary N) is 1. The van der Waals surface area contributed by atoms with Crippen LogP contribution in [0.4, 0.5) is 17.3 Å². The van der Waals surface area contributed by atoms with Crippen LogP contribution in [-0.4, -0.2) is 37.6 Å². The fraction of sp³-hybridized carbons (Fsp3) is 0.571. The molecule has 0 radical (unpaired) electrons. The molecule has 0 spiro atoms. The molecule has 2 rings (SSSR count). The van der Waals surface area contributed by atoms with Crippen molar-refractivity contribution in [3.63, 3.8) is 0 Å². The maximum Gasteiger partial charge on any atom is 0.332 e. The number of Topliss-reactive ketones (excluding diaryl/α,β-unsaturated/α-hetero) is 1. The third kappa shape index (κ3) is 5.26. The third-order valence-electron chi connectivity index (χ3n) is 5.62. The van der Waals surface area contributed by atoms with Crippen LogP contribution in [0.5, 0.6) is 0 Å². The second-order valence-corrected chi connectivity index (χ2v) is 8.02. The summed E-state index contributed by atoms with van der Waals surface area (Å²) >= 11 is 0. The molecule has 5 N–H and O–H groups in total. The molecule has 0 aliphatic carbocycles. The summed E-state index contributed by atoms with van der Waals surface area (Å²) in [6, 6.07) is 0. The molecule has 0 amide bonds. The highest BCUT2D eigenvalue weighted by atomic mass is 16.2. The predicted molar refractivity (Wildman–Crippen MR) is 128 cm³/mol. The summed E-state index contributed by atoms with van der Waals surface area (Å²) in [5.41, 5.74) is 9.00. The van der Waals surface area contributed by atoms with E-state index in [4.69, 9.17) is 11.5 Å². The number of unbranched alkanes of at least 4 members (excludes halogenated alkanes) is 3. The molecule has 182 valence electrons. The lowest BCUT2D eigenvalue weighted by atomic mass is 10.1. The molecule has 2 aromatic rings. The van der Waals surface area contributed by atoms with Crippen LogP contribution in [0.25, 0.3) is 0 Å². The summed E-state index contributed by atoms with van der Waals surface area (Å²) in [7, 11) is 2.62. The molecule has 0 aliphatic heterocycles. The summed E-state index contributed by atoms with van der Waals surface area (Å²) in [4.78, 5) is 66.7. The highest BCUT2D eigenvalue weighted by Crippen LogP contribution is 2.19. The number of H-pyrrole nitrogens is 1. The number of aromatic nitrogens is 4. The summed E-state index contributed by atoms with van der Waals surface area (Å²) < 4.78 is 3.09. The molecule has 0 bridgehead atoms. The van der Waals surface area contributed by atoms with E-state index in [0.717, 1.165) is 28.4 Å². The lowest BCUT2D eigenvalue weighted by molar-refractivity contribution is 0.0997. The van der Waals surface area contributed by atoms with Crippen LogP contribution in [0.15, 0.2) is 19.2 Å². The van der Waals surface area contributed by atoms with E-state index in [9.17, 15) is 24.0 Å². The maximum absolute atomic E-state index is 13.2. The van der Waals surface area contributed by atoms with Gasteiger partial charge < -0.3 is 16.4 Å². The van der Waals surface area contributed by atoms with Crippen molar-refractivity contribution in [2.75, 3.05) is 29.5 Å². The molecule has 12 nitrogen and oxygen atoms in total. The van der Waals surface area contributed by atoms with Crippen molar-refractivity contribution < 1.29 is 4.79 Å². The van der Waals surface area contributed by atoms with Crippen LogP contribution in [0.3, 0.4) is 0 Å². The van der Waals surface area contributed by atoms with E-state index in [1.807, 2.05) is 13.8 Å². The molecule has 0 unspecified atom stereocenters. The fourth-order valence-corrected chi connectivity index (χ4v) is 3.62. The Balaban J connectivity index is 2.59. The van der Waals surface area contributed by atoms with Crippen LogP contribution >= 0.6 is 0 Å². The Kier molecular flexibility index (Phi) is 8.44. The Hall–Kier alpha value is -3.57. The van der Waals surface area contributed by atoms with Crippen LogP contribution in [0.1, 0.15) is 56.3 Å². The fourth-order valence-electron chi connectivity index (χ4n) is 3.62. The van der Waals surface area contributed by atoms with Gasteiger partial charge in [0.15, 0.2) is 5.78 Å². The van der Waals surface area contributed by atoms with E-state index in [0.29, 0.717) is 25.9 Å². The van der Waals surface area contributed by atoms with Crippen molar-refractivity contribution in [1.29, 1.82) is 0 Å². The first-order valence-corrected chi connectivity index (χ1v) is 11.0. The zero-order valence-corrected chi connectivity index (χ0v) is 19.6. The van der Waals surface area contributed by atoms with Gasteiger partial charge in [-0.1, -0.05) is 33.1 Å². The van der Waals surface area contributed by atoms with Crippen molar-refractivity contribution in [1.82, 2.24) is 18.7 Å². The first-order valence-electron chi connectivity index (χ1n) is 11.0. The number of anilines is 3. The van der Waals surface area contributed by atoms with Gasteiger partial charge in [0.05, 0.1) is 6.54 Å². The van der Waals surface area contributed by atoms with Gasteiger partial charge in [-0.15, -0.1) is 0 Å². The number of carbonyl (C=O) groups is 1. The van der Waals surface area contributed by atoms with Crippen LogP contribution in [0.2, 0.25) is 0 Å². The SMILES string of the molecule is CCCCCN(CC(=O)c1c(N)n(C)c(=O)n(C)c1=O)c1c(N)n(CCCC)c(=O)[nH]c1=O. The molecule has 2 aromatic heterocycles. The molecule has 0 aliphatic rings. The quantitative estimate of drug-likeness (QED) is 0.303. The van der Waals surface area contributed by atoms with Crippen molar-refractivity contribution in [3.8, 4) is 0 Å². The average Bonchev–Trinajstić information content (AvgIpc) is 2.76. The minimum absolute atomic E-state index is 0.00429. The highest BCUT2D eigenvalue weighted by Gasteiger charge is 2.25. The molecule has 0 saturated carbocycles. The Bertz CT molecular complexity index is 1250. The molecule has 0 fully saturated rings. The van der Waals surface area contributed by atoms with E-state index >= 15 is 0 Å². The standard InChI is InChI=1S/C21H33N7O5/c1-5-7-9-10-27(15-17(23)28(11-8-6-2)20(32)24-18(15)30)12-13(29)14-16(22)25(3)21(33)26(4)19(14)31/h5-12,22-23H2,1-4H3,(H,24,30,32). The smallest absolute Gasteiger partial charge is 0.332 e. The van der Waals surface area contributed by atoms with Crippen LogP contribution < -0.4 is 38.9 Å². The molecule has 12 heteroatoms. The lowest BCUT2D eigenvalue weighted by Gasteiger charge is -2.26. The number of aromatic amines is 1. The van der Waals surface area contributed by atoms with Gasteiger partial charge in [-0.25, -0.2) is 9.59 Å². The monoisotopic (exact) mass is 463 g/mol. The van der Waals surface area contributed by atoms with Gasteiger partial charge in [-0.3, -0.25) is 33.1 Å². The molecule has 0 saturated heterocycles. The summed E-state index contributed by atoms with van der Waals surface area (Å²) in [6.45, 7) is 4.21. The molecule has 33 heavy (non-hydrogen) atoms. The molecule has 2 heterocycles. The normalized spacial score (nSPS) is 11.0. The number of nitrogen functional groups attached to an aromatic ring is 2. The minimum Gasteiger partial charge on any atom is -0.384 e. The maximum atomic E-state index is 13.2. The Morgan fingerprint density at radius 1 is 0.939 bits per heavy atom. The highest BCUT2D eigenvalue weighted by molar-refractivity contribution is 6.02. The van der Waals surface area contributed by atoms with E-state index in [2.05, 4.69) is 4.98 Å². The van der Waals surface area contributed by atoms with Crippen molar-refractivity contribution in [2.24, 2.45) is 14.1 Å². The third-order valence-corrected chi connectivity index (χ3v) is 5.62. The van der Waals surface area contributed by atoms with Crippen molar-refractivity contribution in [3.05, 3.63) is 47.2 Å². The number of carbonyl (C=O) groups excluding carboxylic acids is 1. The minimum atomic E-state index is -0.816. The molecular formula is C21H33N7O5. The Labute approximate surface area is 190 Å². The van der Waals surface area contributed by atoms with Gasteiger partial charge in [0.25, 0.3) is 11.1 Å². The Morgan fingerprint density at radius 3 is 2.18 bits per heavy atom. The van der Waals surface area contributed by atoms with E-state index in [-0.39, 0.29) is 29.4 Å². The number of hydrogen-bond acceptors (Lipinski definition) is 8. The second kappa shape index (κ2) is 10.8. The first kappa shape index (κ1) is 25.7. The van der Waals surface area contributed by atoms with Gasteiger partial charge in [-0.2, -0.15) is 0 Å². The van der Waals surface area contributed by atoms with Gasteiger partial charge in [-0.05, 0) is 12.8 Å². The zero-order valence-electron chi connectivity index (χ0n) is 19.6. The van der Waals surface area contributed by atoms with Crippen LogP contribution in [0, 0.1) is 0 Å². The van der Waals surface area contributed by atoms with Crippen molar-refractivity contribution in [2.45, 2.75) is 52.5 Å². The summed E-state index contributed by atoms with van der Waals surface area (Å²) in [5, 5.41) is 0. The van der Waals surface area contributed by atoms with Crippen molar-refractivity contribution >= 4 is 23.1 Å². The van der Waals surface area contributed by atoms with Gasteiger partial charge in [0.2, 0.25) is 0 Å². The van der Waals surface area contributed by atoms with Gasteiger partial charge in [0, 0.05) is 27.2 Å². The van der Waals surface area contributed by atoms with Gasteiger partial charge in [0.1, 0.15) is 22.9 Å². The number of nitrogens with zero attached hydrogens (tertiary/aromatic N) is 4. The lowest BCUT2D eigenvalue weighted by Crippen LogP contribution is -2.45. The number of hydrogen-bond donors (Lipinski definition) is 3. The van der Waals surface area contributed by atoms with E-state index in [1.54, 1.807) is 0 Å². The van der Waals surface area contributed by atoms with Gasteiger partial charge >= 0.3 is 11.4 Å². The second-order valence-electron chi connectivity index (χ2n) is 8.02. The van der Waals surface area contributed by atoms with E-state index in [1.165, 1.54) is 23.6 Å². The molecular weight excluding hydrogens is 430 g/mol. The van der Waals surface area contributed by atoms with E-state index < -0.39 is 28.3 Å². The average molecular weight is 464 g/mol. The molecule has 0 atom stereocenters. The number of nitrogens with two attached hydrogens (primary N) is 2.